The highest BCUT2D eigenvalue weighted by atomic mass is 32.2. The van der Waals surface area contributed by atoms with Gasteiger partial charge in [-0.15, -0.1) is 0 Å². The van der Waals surface area contributed by atoms with E-state index in [0.717, 1.165) is 11.6 Å². The van der Waals surface area contributed by atoms with E-state index >= 15 is 4.39 Å². The van der Waals surface area contributed by atoms with E-state index in [1.54, 1.807) is 19.1 Å². The van der Waals surface area contributed by atoms with Crippen molar-refractivity contribution >= 4 is 25.6 Å². The van der Waals surface area contributed by atoms with Gasteiger partial charge >= 0.3 is 18.0 Å². The Kier molecular flexibility index (Phi) is 8.20. The number of hydrogen-bond donors (Lipinski definition) is 1. The van der Waals surface area contributed by atoms with Crippen molar-refractivity contribution in [1.82, 2.24) is 5.32 Å². The zero-order chi connectivity index (χ0) is 33.4. The van der Waals surface area contributed by atoms with Crippen molar-refractivity contribution < 1.29 is 52.4 Å². The van der Waals surface area contributed by atoms with Crippen molar-refractivity contribution in [3.8, 4) is 0 Å². The van der Waals surface area contributed by atoms with Gasteiger partial charge in [0.2, 0.25) is 5.91 Å². The number of carbonyl (C=O) groups is 1. The second kappa shape index (κ2) is 11.0. The zero-order valence-electron chi connectivity index (χ0n) is 24.3. The molecule has 5 rings (SSSR count). The van der Waals surface area contributed by atoms with Crippen molar-refractivity contribution in [2.45, 2.75) is 91.3 Å². The molecule has 1 saturated carbocycles. The first-order chi connectivity index (χ1) is 20.7. The molecule has 0 spiro atoms. The van der Waals surface area contributed by atoms with E-state index in [1.807, 2.05) is 0 Å². The molecule has 2 aliphatic carbocycles. The van der Waals surface area contributed by atoms with Crippen LogP contribution in [0, 0.1) is 18.8 Å². The Labute approximate surface area is 256 Å². The minimum Gasteiger partial charge on any atom is -0.353 e. The van der Waals surface area contributed by atoms with Crippen LogP contribution in [0.5, 0.6) is 0 Å². The van der Waals surface area contributed by atoms with Gasteiger partial charge in [-0.2, -0.15) is 26.3 Å². The van der Waals surface area contributed by atoms with Crippen molar-refractivity contribution in [3.05, 3.63) is 64.7 Å². The average molecular weight is 684 g/mol. The molecule has 1 N–H and O–H groups in total. The summed E-state index contributed by atoms with van der Waals surface area (Å²) in [6, 6.07) is 6.80. The van der Waals surface area contributed by atoms with E-state index < -0.39 is 77.0 Å². The van der Waals surface area contributed by atoms with Crippen LogP contribution in [0.25, 0.3) is 0 Å². The van der Waals surface area contributed by atoms with E-state index in [0.29, 0.717) is 12.1 Å². The van der Waals surface area contributed by atoms with Gasteiger partial charge in [0.25, 0.3) is 0 Å². The van der Waals surface area contributed by atoms with Gasteiger partial charge in [0.1, 0.15) is 4.75 Å². The lowest BCUT2D eigenvalue weighted by atomic mass is 9.73. The molecule has 0 aromatic heterocycles. The largest absolute Gasteiger partial charge is 0.435 e. The number of amides is 1. The van der Waals surface area contributed by atoms with E-state index in [2.05, 4.69) is 5.32 Å². The molecule has 3 aliphatic rings. The van der Waals surface area contributed by atoms with Crippen LogP contribution in [0.15, 0.2) is 47.4 Å². The molecule has 2 aromatic rings. The molecule has 0 radical (unpaired) electrons. The summed E-state index contributed by atoms with van der Waals surface area (Å²) in [6.07, 6.45) is -12.6. The molecule has 2 fully saturated rings. The fourth-order valence-electron chi connectivity index (χ4n) is 7.37. The summed E-state index contributed by atoms with van der Waals surface area (Å²) in [5.41, 5.74) is -6.79. The second-order valence-electron chi connectivity index (χ2n) is 12.4. The molecule has 1 aliphatic heterocycles. The van der Waals surface area contributed by atoms with Crippen LogP contribution in [0.1, 0.15) is 61.3 Å². The highest BCUT2D eigenvalue weighted by molar-refractivity contribution is 7.92. The third-order valence-electron chi connectivity index (χ3n) is 9.87. The van der Waals surface area contributed by atoms with Crippen LogP contribution in [0.2, 0.25) is 0 Å². The van der Waals surface area contributed by atoms with Crippen LogP contribution in [-0.2, 0) is 41.3 Å². The molecule has 1 heterocycles. The van der Waals surface area contributed by atoms with Crippen LogP contribution < -0.4 is 5.32 Å². The Balaban J connectivity index is 1.59. The van der Waals surface area contributed by atoms with Gasteiger partial charge in [0, 0.05) is 23.4 Å². The van der Waals surface area contributed by atoms with Crippen molar-refractivity contribution in [2.75, 3.05) is 5.75 Å². The average Bonchev–Trinajstić information content (AvgIpc) is 3.32. The third kappa shape index (κ3) is 5.25. The van der Waals surface area contributed by atoms with Crippen LogP contribution in [-0.4, -0.2) is 52.1 Å². The van der Waals surface area contributed by atoms with Gasteiger partial charge in [0.05, 0.1) is 15.9 Å². The summed E-state index contributed by atoms with van der Waals surface area (Å²) in [6.45, 7) is 3.25. The number of fused-ring (bicyclic) bond motifs is 3. The topological polar surface area (TPSA) is 97.4 Å². The van der Waals surface area contributed by atoms with E-state index in [9.17, 15) is 48.0 Å². The maximum atomic E-state index is 15.0. The van der Waals surface area contributed by atoms with Crippen molar-refractivity contribution in [1.29, 1.82) is 0 Å². The standard InChI is InChI=1S/C30H32F7NO5S2/c1-17-3-7-22(8-4-17)45(42,43)27-13-11-25(38-26(39)20-12-14-44(40,41)18(2)15-20)24(27)9-5-19-16-21(6-10-23(19)27)28(31,29(32,33)34)30(35,36)37/h3-4,6-8,10,16,18,20,24-25H,5,9,11-15H2,1-2H3,(H,38,39)/t18?,20?,24-,25+,27+/m0/s1. The predicted octanol–water partition coefficient (Wildman–Crippen LogP) is 6.01. The fraction of sp³-hybridized carbons (Fsp3) is 0.567. The maximum Gasteiger partial charge on any atom is 0.435 e. The number of nitrogens with one attached hydrogen (secondary N) is 1. The van der Waals surface area contributed by atoms with E-state index in [4.69, 9.17) is 0 Å². The first kappa shape index (κ1) is 33.7. The van der Waals surface area contributed by atoms with Gasteiger partial charge in [-0.05, 0) is 75.6 Å². The number of sulfone groups is 2. The lowest BCUT2D eigenvalue weighted by Gasteiger charge is -2.43. The molecule has 15 heteroatoms. The van der Waals surface area contributed by atoms with Gasteiger partial charge in [-0.3, -0.25) is 4.79 Å². The van der Waals surface area contributed by atoms with Gasteiger partial charge < -0.3 is 5.32 Å². The zero-order valence-corrected chi connectivity index (χ0v) is 25.9. The van der Waals surface area contributed by atoms with Gasteiger partial charge in [0.15, 0.2) is 19.7 Å². The molecule has 1 saturated heterocycles. The summed E-state index contributed by atoms with van der Waals surface area (Å²) in [5.74, 6) is -2.07. The third-order valence-corrected chi connectivity index (χ3v) is 14.7. The second-order valence-corrected chi connectivity index (χ2v) is 17.2. The van der Waals surface area contributed by atoms with E-state index in [-0.39, 0.29) is 60.3 Å². The summed E-state index contributed by atoms with van der Waals surface area (Å²) in [4.78, 5) is 13.2. The molecule has 0 bridgehead atoms. The number of benzene rings is 2. The lowest BCUT2D eigenvalue weighted by molar-refractivity contribution is -0.348. The number of carbonyl (C=O) groups excluding carboxylic acids is 1. The Morgan fingerprint density at radius 2 is 1.56 bits per heavy atom. The van der Waals surface area contributed by atoms with E-state index in [1.165, 1.54) is 19.1 Å². The number of hydrogen-bond acceptors (Lipinski definition) is 5. The minimum absolute atomic E-state index is 0.0242. The number of alkyl halides is 7. The summed E-state index contributed by atoms with van der Waals surface area (Å²) in [7, 11) is -7.71. The lowest BCUT2D eigenvalue weighted by Crippen LogP contribution is -2.52. The Bertz CT molecular complexity index is 1690. The monoisotopic (exact) mass is 683 g/mol. The van der Waals surface area contributed by atoms with Crippen LogP contribution in [0.3, 0.4) is 0 Å². The number of halogens is 7. The van der Waals surface area contributed by atoms with Crippen LogP contribution >= 0.6 is 0 Å². The Morgan fingerprint density at radius 1 is 0.933 bits per heavy atom. The summed E-state index contributed by atoms with van der Waals surface area (Å²) < 4.78 is 148. The normalized spacial score (nSPS) is 28.6. The quantitative estimate of drug-likeness (QED) is 0.390. The van der Waals surface area contributed by atoms with Gasteiger partial charge in [-0.25, -0.2) is 21.2 Å². The summed E-state index contributed by atoms with van der Waals surface area (Å²) >= 11 is 0. The van der Waals surface area contributed by atoms with Gasteiger partial charge in [-0.1, -0.05) is 35.9 Å². The summed E-state index contributed by atoms with van der Waals surface area (Å²) in [5, 5.41) is 2.17. The molecule has 5 atom stereocenters. The molecule has 2 unspecified atom stereocenters. The SMILES string of the molecule is Cc1ccc(S(=O)(=O)[C@@]23CC[C@@H](NC(=O)C4CCS(=O)(=O)C(C)C4)[C@@H]2CCc2cc(C(F)(C(F)(F)F)C(F)(F)F)ccc23)cc1. The van der Waals surface area contributed by atoms with Crippen molar-refractivity contribution in [2.24, 2.45) is 11.8 Å². The molecule has 248 valence electrons. The first-order valence-corrected chi connectivity index (χ1v) is 17.7. The Hall–Kier alpha value is -2.68. The first-order valence-electron chi connectivity index (χ1n) is 14.5. The van der Waals surface area contributed by atoms with Crippen molar-refractivity contribution in [3.63, 3.8) is 0 Å². The molecular weight excluding hydrogens is 651 g/mol. The number of rotatable bonds is 5. The Morgan fingerprint density at radius 3 is 2.13 bits per heavy atom. The predicted molar refractivity (Wildman–Crippen MR) is 150 cm³/mol. The van der Waals surface area contributed by atoms with Crippen LogP contribution in [0.4, 0.5) is 30.7 Å². The molecule has 45 heavy (non-hydrogen) atoms. The molecule has 1 amide bonds. The maximum absolute atomic E-state index is 15.0. The number of aryl methyl sites for hydroxylation is 2. The highest BCUT2D eigenvalue weighted by Gasteiger charge is 2.73. The fourth-order valence-corrected chi connectivity index (χ4v) is 11.4. The molecule has 6 nitrogen and oxygen atoms in total. The highest BCUT2D eigenvalue weighted by Crippen LogP contribution is 2.59. The minimum atomic E-state index is -6.33. The molecule has 2 aromatic carbocycles. The smallest absolute Gasteiger partial charge is 0.353 e. The molecular formula is C30H32F7NO5S2.